The molecule has 0 aliphatic carbocycles. The summed E-state index contributed by atoms with van der Waals surface area (Å²) in [5, 5.41) is 4.50. The Labute approximate surface area is 219 Å². The summed E-state index contributed by atoms with van der Waals surface area (Å²) in [6, 6.07) is 16.7. The van der Waals surface area contributed by atoms with Gasteiger partial charge in [-0.3, -0.25) is 0 Å². The molecule has 3 aromatic carbocycles. The summed E-state index contributed by atoms with van der Waals surface area (Å²) in [7, 11) is 1.63. The van der Waals surface area contributed by atoms with Crippen LogP contribution in [0.3, 0.4) is 0 Å². The van der Waals surface area contributed by atoms with Crippen molar-refractivity contribution in [3.63, 3.8) is 0 Å². The summed E-state index contributed by atoms with van der Waals surface area (Å²) in [6.07, 6.45) is 3.49. The number of aromatic nitrogens is 5. The third-order valence-electron chi connectivity index (χ3n) is 6.63. The zero-order chi connectivity index (χ0) is 26.1. The molecule has 3 heterocycles. The van der Waals surface area contributed by atoms with E-state index < -0.39 is 5.82 Å². The van der Waals surface area contributed by atoms with Crippen LogP contribution in [0.5, 0.6) is 17.2 Å². The third-order valence-corrected chi connectivity index (χ3v) is 6.63. The summed E-state index contributed by atoms with van der Waals surface area (Å²) in [5.74, 6) is 2.88. The van der Waals surface area contributed by atoms with Crippen molar-refractivity contribution in [3.05, 3.63) is 72.3 Å². The van der Waals surface area contributed by atoms with E-state index in [2.05, 4.69) is 14.6 Å². The first kappa shape index (κ1) is 24.0. The van der Waals surface area contributed by atoms with Gasteiger partial charge < -0.3 is 18.8 Å². The summed E-state index contributed by atoms with van der Waals surface area (Å²) >= 11 is 0. The van der Waals surface area contributed by atoms with Crippen LogP contribution in [0.1, 0.15) is 25.3 Å². The van der Waals surface area contributed by atoms with E-state index in [0.717, 1.165) is 47.5 Å². The topological polar surface area (TPSA) is 76.2 Å². The van der Waals surface area contributed by atoms with Crippen molar-refractivity contribution in [2.24, 2.45) is 0 Å². The van der Waals surface area contributed by atoms with Gasteiger partial charge in [0, 0.05) is 24.2 Å². The SMILES string of the molecule is CCOc1cc2c3c(c1)nc(-c1ccc(-c4ncn(Cc5ccc(OC)cc5)n4)c(F)c1)n3CCCCO2. The van der Waals surface area contributed by atoms with Gasteiger partial charge in [-0.25, -0.2) is 19.0 Å². The highest BCUT2D eigenvalue weighted by Crippen LogP contribution is 2.37. The van der Waals surface area contributed by atoms with Gasteiger partial charge in [-0.2, -0.15) is 5.10 Å². The van der Waals surface area contributed by atoms with Crippen LogP contribution in [0.4, 0.5) is 4.39 Å². The predicted octanol–water partition coefficient (Wildman–Crippen LogP) is 5.73. The van der Waals surface area contributed by atoms with Gasteiger partial charge in [0.25, 0.3) is 0 Å². The van der Waals surface area contributed by atoms with Crippen LogP contribution in [0.25, 0.3) is 33.8 Å². The number of aryl methyl sites for hydroxylation is 1. The Hall–Kier alpha value is -4.40. The number of nitrogens with zero attached hydrogens (tertiary/aromatic N) is 5. The van der Waals surface area contributed by atoms with Gasteiger partial charge >= 0.3 is 0 Å². The zero-order valence-electron chi connectivity index (χ0n) is 21.4. The number of methoxy groups -OCH3 is 1. The molecular weight excluding hydrogens is 485 g/mol. The number of hydrogen-bond acceptors (Lipinski definition) is 6. The number of halogens is 1. The minimum Gasteiger partial charge on any atom is -0.497 e. The molecule has 0 spiro atoms. The van der Waals surface area contributed by atoms with E-state index in [1.807, 2.05) is 49.4 Å². The fraction of sp³-hybridized carbons (Fsp3) is 0.276. The third kappa shape index (κ3) is 4.55. The van der Waals surface area contributed by atoms with Crippen LogP contribution in [-0.2, 0) is 13.1 Å². The van der Waals surface area contributed by atoms with Gasteiger partial charge in [-0.1, -0.05) is 18.2 Å². The van der Waals surface area contributed by atoms with Crippen molar-refractivity contribution >= 4 is 11.0 Å². The van der Waals surface area contributed by atoms with Crippen LogP contribution in [0.2, 0.25) is 0 Å². The highest BCUT2D eigenvalue weighted by atomic mass is 19.1. The maximum atomic E-state index is 15.5. The Balaban J connectivity index is 1.32. The molecule has 194 valence electrons. The molecule has 38 heavy (non-hydrogen) atoms. The lowest BCUT2D eigenvalue weighted by atomic mass is 10.1. The first-order chi connectivity index (χ1) is 18.6. The smallest absolute Gasteiger partial charge is 0.184 e. The second-order valence-electron chi connectivity index (χ2n) is 9.17. The standard InChI is InChI=1S/C29H28FN5O3/c1-3-37-22-15-25-27-26(16-22)38-13-5-4-12-35(27)29(32-25)20-8-11-23(24(30)14-20)28-31-18-34(33-28)17-19-6-9-21(36-2)10-7-19/h6-11,14-16,18H,3-5,12-13,17H2,1-2H3. The minimum absolute atomic E-state index is 0.336. The lowest BCUT2D eigenvalue weighted by Gasteiger charge is -2.17. The van der Waals surface area contributed by atoms with Crippen molar-refractivity contribution in [2.75, 3.05) is 20.3 Å². The maximum Gasteiger partial charge on any atom is 0.184 e. The van der Waals surface area contributed by atoms with Crippen molar-refractivity contribution < 1.29 is 18.6 Å². The molecule has 9 heteroatoms. The molecule has 0 amide bonds. The van der Waals surface area contributed by atoms with Crippen LogP contribution >= 0.6 is 0 Å². The molecule has 5 aromatic rings. The molecule has 1 aliphatic heterocycles. The summed E-state index contributed by atoms with van der Waals surface area (Å²) in [6.45, 7) is 4.44. The molecular formula is C29H28FN5O3. The van der Waals surface area contributed by atoms with Gasteiger partial charge in [0.05, 0.1) is 37.9 Å². The average Bonchev–Trinajstić information content (AvgIpc) is 3.52. The normalized spacial score (nSPS) is 13.1. The van der Waals surface area contributed by atoms with Crippen molar-refractivity contribution in [2.45, 2.75) is 32.9 Å². The molecule has 0 saturated carbocycles. The van der Waals surface area contributed by atoms with Crippen molar-refractivity contribution in [3.8, 4) is 40.0 Å². The van der Waals surface area contributed by atoms with Gasteiger partial charge in [-0.15, -0.1) is 0 Å². The summed E-state index contributed by atoms with van der Waals surface area (Å²) in [5.41, 5.74) is 3.75. The first-order valence-electron chi connectivity index (χ1n) is 12.8. The van der Waals surface area contributed by atoms with Crippen LogP contribution in [0.15, 0.2) is 60.9 Å². The fourth-order valence-electron chi connectivity index (χ4n) is 4.81. The Bertz CT molecular complexity index is 1590. The molecule has 0 fully saturated rings. The van der Waals surface area contributed by atoms with E-state index in [-0.39, 0.29) is 0 Å². The van der Waals surface area contributed by atoms with E-state index in [4.69, 9.17) is 19.2 Å². The summed E-state index contributed by atoms with van der Waals surface area (Å²) < 4.78 is 36.3. The monoisotopic (exact) mass is 513 g/mol. The van der Waals surface area contributed by atoms with Crippen molar-refractivity contribution in [1.29, 1.82) is 0 Å². The van der Waals surface area contributed by atoms with E-state index in [9.17, 15) is 0 Å². The largest absolute Gasteiger partial charge is 0.497 e. The molecule has 0 bridgehead atoms. The molecule has 8 nitrogen and oxygen atoms in total. The van der Waals surface area contributed by atoms with Gasteiger partial charge in [0.2, 0.25) is 0 Å². The number of hydrogen-bond donors (Lipinski definition) is 0. The van der Waals surface area contributed by atoms with E-state index in [0.29, 0.717) is 48.3 Å². The van der Waals surface area contributed by atoms with E-state index in [1.54, 1.807) is 24.2 Å². The molecule has 0 unspecified atom stereocenters. The van der Waals surface area contributed by atoms with Crippen LogP contribution in [0, 0.1) is 5.82 Å². The van der Waals surface area contributed by atoms with Crippen molar-refractivity contribution in [1.82, 2.24) is 24.3 Å². The summed E-state index contributed by atoms with van der Waals surface area (Å²) in [4.78, 5) is 9.23. The quantitative estimate of drug-likeness (QED) is 0.277. The molecule has 0 atom stereocenters. The molecule has 2 aromatic heterocycles. The number of rotatable bonds is 7. The highest BCUT2D eigenvalue weighted by Gasteiger charge is 2.21. The zero-order valence-corrected chi connectivity index (χ0v) is 21.4. The highest BCUT2D eigenvalue weighted by molar-refractivity contribution is 5.88. The maximum absolute atomic E-state index is 15.5. The lowest BCUT2D eigenvalue weighted by molar-refractivity contribution is 0.294. The molecule has 0 saturated heterocycles. The van der Waals surface area contributed by atoms with E-state index >= 15 is 4.39 Å². The molecule has 0 radical (unpaired) electrons. The Morgan fingerprint density at radius 1 is 1.03 bits per heavy atom. The van der Waals surface area contributed by atoms with Gasteiger partial charge in [-0.05, 0) is 49.6 Å². The van der Waals surface area contributed by atoms with E-state index in [1.165, 1.54) is 6.07 Å². The Kier molecular flexibility index (Phi) is 6.41. The number of ether oxygens (including phenoxy) is 3. The van der Waals surface area contributed by atoms with Crippen LogP contribution < -0.4 is 14.2 Å². The Morgan fingerprint density at radius 2 is 1.89 bits per heavy atom. The minimum atomic E-state index is -0.401. The molecule has 0 N–H and O–H groups in total. The fourth-order valence-corrected chi connectivity index (χ4v) is 4.81. The average molecular weight is 514 g/mol. The second-order valence-corrected chi connectivity index (χ2v) is 9.17. The first-order valence-corrected chi connectivity index (χ1v) is 12.8. The number of imidazole rings is 1. The molecule has 1 aliphatic rings. The predicted molar refractivity (Wildman–Crippen MR) is 142 cm³/mol. The Morgan fingerprint density at radius 3 is 2.68 bits per heavy atom. The lowest BCUT2D eigenvalue weighted by Crippen LogP contribution is -2.09. The number of benzene rings is 3. The second kappa shape index (κ2) is 10.2. The van der Waals surface area contributed by atoms with Gasteiger partial charge in [0.15, 0.2) is 5.82 Å². The van der Waals surface area contributed by atoms with Gasteiger partial charge in [0.1, 0.15) is 40.7 Å². The van der Waals surface area contributed by atoms with Crippen LogP contribution in [-0.4, -0.2) is 44.6 Å². The molecule has 6 rings (SSSR count).